The van der Waals surface area contributed by atoms with E-state index in [2.05, 4.69) is 4.98 Å². The molecule has 0 radical (unpaired) electrons. The number of aryl methyl sites for hydroxylation is 2. The van der Waals surface area contributed by atoms with Crippen molar-refractivity contribution in [2.45, 2.75) is 20.3 Å². The van der Waals surface area contributed by atoms with Crippen molar-refractivity contribution in [3.8, 4) is 6.07 Å². The molecule has 1 rings (SSSR count). The fourth-order valence-corrected chi connectivity index (χ4v) is 1.37. The van der Waals surface area contributed by atoms with Crippen molar-refractivity contribution in [1.29, 1.82) is 5.26 Å². The molecule has 0 N–H and O–H groups in total. The summed E-state index contributed by atoms with van der Waals surface area (Å²) in [5, 5.41) is 19.2. The Bertz CT molecular complexity index is 421. The van der Waals surface area contributed by atoms with Gasteiger partial charge in [-0.3, -0.25) is 15.1 Å². The highest BCUT2D eigenvalue weighted by molar-refractivity contribution is 5.45. The van der Waals surface area contributed by atoms with Gasteiger partial charge >= 0.3 is 0 Å². The first kappa shape index (κ1) is 10.1. The fourth-order valence-electron chi connectivity index (χ4n) is 1.37. The van der Waals surface area contributed by atoms with E-state index in [0.717, 1.165) is 0 Å². The van der Waals surface area contributed by atoms with E-state index in [0.29, 0.717) is 17.0 Å². The quantitative estimate of drug-likeness (QED) is 0.526. The molecule has 1 aromatic rings. The summed E-state index contributed by atoms with van der Waals surface area (Å²) in [5.41, 5.74) is 1.44. The summed E-state index contributed by atoms with van der Waals surface area (Å²) >= 11 is 0. The van der Waals surface area contributed by atoms with Crippen LogP contribution < -0.4 is 0 Å². The summed E-state index contributed by atoms with van der Waals surface area (Å²) in [6.07, 6.45) is 0.0422. The van der Waals surface area contributed by atoms with Gasteiger partial charge in [-0.2, -0.15) is 5.26 Å². The van der Waals surface area contributed by atoms with Crippen molar-refractivity contribution >= 4 is 5.69 Å². The standard InChI is InChI=1S/C9H9N3O2/c1-6-5-8(3-4-10)9(12(13)14)7(2)11-6/h5H,3H2,1-2H3. The van der Waals surface area contributed by atoms with Crippen LogP contribution in [-0.2, 0) is 6.42 Å². The average Bonchev–Trinajstić information content (AvgIpc) is 2.01. The number of nitro groups is 1. The van der Waals surface area contributed by atoms with Crippen LogP contribution in [0.5, 0.6) is 0 Å². The van der Waals surface area contributed by atoms with Crippen LogP contribution in [0.4, 0.5) is 5.69 Å². The minimum atomic E-state index is -0.492. The smallest absolute Gasteiger partial charge is 0.258 e. The number of hydrogen-bond donors (Lipinski definition) is 0. The summed E-state index contributed by atoms with van der Waals surface area (Å²) in [6, 6.07) is 3.48. The van der Waals surface area contributed by atoms with Crippen LogP contribution >= 0.6 is 0 Å². The molecule has 0 aliphatic carbocycles. The molecule has 14 heavy (non-hydrogen) atoms. The Labute approximate surface area is 81.2 Å². The van der Waals surface area contributed by atoms with Crippen molar-refractivity contribution < 1.29 is 4.92 Å². The zero-order chi connectivity index (χ0) is 10.7. The predicted molar refractivity (Wildman–Crippen MR) is 49.7 cm³/mol. The molecule has 0 aliphatic heterocycles. The molecule has 0 amide bonds. The molecule has 0 aromatic carbocycles. The molecule has 72 valence electrons. The Hall–Kier alpha value is -1.96. The van der Waals surface area contributed by atoms with Gasteiger partial charge in [-0.15, -0.1) is 0 Å². The molecule has 0 atom stereocenters. The molecule has 0 bridgehead atoms. The Morgan fingerprint density at radius 3 is 2.79 bits per heavy atom. The van der Waals surface area contributed by atoms with E-state index in [9.17, 15) is 10.1 Å². The number of hydrogen-bond acceptors (Lipinski definition) is 4. The highest BCUT2D eigenvalue weighted by atomic mass is 16.6. The third-order valence-corrected chi connectivity index (χ3v) is 1.83. The Morgan fingerprint density at radius 1 is 1.64 bits per heavy atom. The lowest BCUT2D eigenvalue weighted by atomic mass is 10.1. The lowest BCUT2D eigenvalue weighted by Crippen LogP contribution is -2.01. The van der Waals surface area contributed by atoms with Crippen molar-refractivity contribution in [2.75, 3.05) is 0 Å². The zero-order valence-corrected chi connectivity index (χ0v) is 7.94. The van der Waals surface area contributed by atoms with Crippen LogP contribution in [0.3, 0.4) is 0 Å². The van der Waals surface area contributed by atoms with Crippen LogP contribution in [0.25, 0.3) is 0 Å². The lowest BCUT2D eigenvalue weighted by molar-refractivity contribution is -0.386. The van der Waals surface area contributed by atoms with E-state index in [4.69, 9.17) is 5.26 Å². The summed E-state index contributed by atoms with van der Waals surface area (Å²) in [7, 11) is 0. The van der Waals surface area contributed by atoms with E-state index < -0.39 is 4.92 Å². The molecule has 1 aromatic heterocycles. The van der Waals surface area contributed by atoms with Crippen LogP contribution in [0.2, 0.25) is 0 Å². The van der Waals surface area contributed by atoms with Crippen LogP contribution in [0.15, 0.2) is 6.07 Å². The van der Waals surface area contributed by atoms with Gasteiger partial charge in [-0.05, 0) is 19.9 Å². The minimum absolute atomic E-state index is 0.0422. The first-order valence-electron chi connectivity index (χ1n) is 4.04. The van der Waals surface area contributed by atoms with Crippen molar-refractivity contribution in [3.63, 3.8) is 0 Å². The van der Waals surface area contributed by atoms with E-state index in [1.54, 1.807) is 19.9 Å². The third-order valence-electron chi connectivity index (χ3n) is 1.83. The highest BCUT2D eigenvalue weighted by Gasteiger charge is 2.18. The normalized spacial score (nSPS) is 9.50. The molecule has 1 heterocycles. The second-order valence-corrected chi connectivity index (χ2v) is 2.95. The summed E-state index contributed by atoms with van der Waals surface area (Å²) in [4.78, 5) is 14.2. The summed E-state index contributed by atoms with van der Waals surface area (Å²) in [5.74, 6) is 0. The maximum atomic E-state index is 10.7. The predicted octanol–water partition coefficient (Wildman–Crippen LogP) is 1.67. The van der Waals surface area contributed by atoms with Gasteiger partial charge in [0, 0.05) is 11.3 Å². The van der Waals surface area contributed by atoms with Gasteiger partial charge in [-0.1, -0.05) is 0 Å². The van der Waals surface area contributed by atoms with E-state index in [1.165, 1.54) is 0 Å². The number of nitrogens with zero attached hydrogens (tertiary/aromatic N) is 3. The summed E-state index contributed by atoms with van der Waals surface area (Å²) < 4.78 is 0. The maximum absolute atomic E-state index is 10.7. The van der Waals surface area contributed by atoms with Crippen LogP contribution in [-0.4, -0.2) is 9.91 Å². The van der Waals surface area contributed by atoms with Gasteiger partial charge in [0.1, 0.15) is 5.69 Å². The molecule has 0 spiro atoms. The Morgan fingerprint density at radius 2 is 2.29 bits per heavy atom. The van der Waals surface area contributed by atoms with Gasteiger partial charge in [-0.25, -0.2) is 0 Å². The summed E-state index contributed by atoms with van der Waals surface area (Å²) in [6.45, 7) is 3.32. The number of aromatic nitrogens is 1. The van der Waals surface area contributed by atoms with Gasteiger partial charge in [0.2, 0.25) is 0 Å². The molecule has 0 unspecified atom stereocenters. The fraction of sp³-hybridized carbons (Fsp3) is 0.333. The second-order valence-electron chi connectivity index (χ2n) is 2.95. The first-order chi connectivity index (χ1) is 6.56. The van der Waals surface area contributed by atoms with Gasteiger partial charge in [0.05, 0.1) is 17.4 Å². The van der Waals surface area contributed by atoms with Crippen molar-refractivity contribution in [2.24, 2.45) is 0 Å². The van der Waals surface area contributed by atoms with Crippen LogP contribution in [0.1, 0.15) is 17.0 Å². The average molecular weight is 191 g/mol. The first-order valence-corrected chi connectivity index (χ1v) is 4.04. The van der Waals surface area contributed by atoms with Crippen molar-refractivity contribution in [3.05, 3.63) is 33.1 Å². The number of rotatable bonds is 2. The van der Waals surface area contributed by atoms with Gasteiger partial charge in [0.15, 0.2) is 0 Å². The number of nitriles is 1. The van der Waals surface area contributed by atoms with Gasteiger partial charge < -0.3 is 0 Å². The zero-order valence-electron chi connectivity index (χ0n) is 7.94. The van der Waals surface area contributed by atoms with Gasteiger partial charge in [0.25, 0.3) is 5.69 Å². The number of pyridine rings is 1. The minimum Gasteiger partial charge on any atom is -0.258 e. The SMILES string of the molecule is Cc1cc(CC#N)c([N+](=O)[O-])c(C)n1. The van der Waals surface area contributed by atoms with E-state index in [-0.39, 0.29) is 12.1 Å². The molecule has 0 aliphatic rings. The lowest BCUT2D eigenvalue weighted by Gasteiger charge is -2.02. The maximum Gasteiger partial charge on any atom is 0.294 e. The third kappa shape index (κ3) is 1.85. The topological polar surface area (TPSA) is 79.8 Å². The Balaban J connectivity index is 3.38. The Kier molecular flexibility index (Phi) is 2.77. The van der Waals surface area contributed by atoms with E-state index >= 15 is 0 Å². The van der Waals surface area contributed by atoms with E-state index in [1.807, 2.05) is 6.07 Å². The van der Waals surface area contributed by atoms with Crippen LogP contribution in [0, 0.1) is 35.3 Å². The molecule has 5 heteroatoms. The molecular formula is C9H9N3O2. The largest absolute Gasteiger partial charge is 0.294 e. The van der Waals surface area contributed by atoms with Crippen molar-refractivity contribution in [1.82, 2.24) is 4.98 Å². The molecule has 0 fully saturated rings. The second kappa shape index (κ2) is 3.83. The molecular weight excluding hydrogens is 182 g/mol. The molecule has 0 saturated heterocycles. The monoisotopic (exact) mass is 191 g/mol. The molecule has 5 nitrogen and oxygen atoms in total. The highest BCUT2D eigenvalue weighted by Crippen LogP contribution is 2.22. The molecule has 0 saturated carbocycles.